The molecule has 0 N–H and O–H groups in total. The molecule has 2 fully saturated rings. The van der Waals surface area contributed by atoms with Crippen LogP contribution in [-0.4, -0.2) is 91.7 Å². The number of thiophene rings is 1. The van der Waals surface area contributed by atoms with Crippen LogP contribution in [-0.2, 0) is 32.0 Å². The predicted molar refractivity (Wildman–Crippen MR) is 130 cm³/mol. The summed E-state index contributed by atoms with van der Waals surface area (Å²) < 4.78 is 16.7. The Morgan fingerprint density at radius 3 is 2.68 bits per heavy atom. The maximum atomic E-state index is 13.4. The van der Waals surface area contributed by atoms with Gasteiger partial charge < -0.3 is 23.7 Å². The van der Waals surface area contributed by atoms with E-state index in [9.17, 15) is 9.59 Å². The van der Waals surface area contributed by atoms with Gasteiger partial charge in [0.05, 0.1) is 45.1 Å². The normalized spacial score (nSPS) is 18.8. The van der Waals surface area contributed by atoms with Gasteiger partial charge in [-0.3, -0.25) is 14.5 Å². The number of ether oxygens (including phenoxy) is 2. The molecule has 2 aliphatic heterocycles. The van der Waals surface area contributed by atoms with E-state index in [0.29, 0.717) is 26.1 Å². The molecule has 9 heteroatoms. The summed E-state index contributed by atoms with van der Waals surface area (Å²) in [5.74, 6) is 0.653. The number of hydrogen-bond donors (Lipinski definition) is 0. The second-order valence-electron chi connectivity index (χ2n) is 8.87. The van der Waals surface area contributed by atoms with E-state index in [1.54, 1.807) is 27.4 Å². The molecule has 0 bridgehead atoms. The van der Waals surface area contributed by atoms with Gasteiger partial charge >= 0.3 is 0 Å². The summed E-state index contributed by atoms with van der Waals surface area (Å²) in [6.45, 7) is 6.50. The Bertz CT molecular complexity index is 861. The van der Waals surface area contributed by atoms with Crippen LogP contribution in [0.15, 0.2) is 40.3 Å². The molecule has 2 aliphatic rings. The number of morpholine rings is 1. The molecule has 2 amide bonds. The second kappa shape index (κ2) is 13.0. The molecule has 0 saturated carbocycles. The fourth-order valence-electron chi connectivity index (χ4n) is 4.42. The first-order chi connectivity index (χ1) is 16.7. The molecule has 2 saturated heterocycles. The zero-order valence-electron chi connectivity index (χ0n) is 19.7. The quantitative estimate of drug-likeness (QED) is 0.456. The van der Waals surface area contributed by atoms with Gasteiger partial charge in [-0.15, -0.1) is 11.3 Å². The lowest BCUT2D eigenvalue weighted by Crippen LogP contribution is -2.46. The zero-order chi connectivity index (χ0) is 23.6. The van der Waals surface area contributed by atoms with Crippen LogP contribution in [0.1, 0.15) is 29.9 Å². The van der Waals surface area contributed by atoms with E-state index in [2.05, 4.69) is 4.90 Å². The van der Waals surface area contributed by atoms with Crippen LogP contribution in [0.25, 0.3) is 0 Å². The first-order valence-corrected chi connectivity index (χ1v) is 13.1. The van der Waals surface area contributed by atoms with Crippen molar-refractivity contribution < 1.29 is 23.5 Å². The van der Waals surface area contributed by atoms with Gasteiger partial charge in [0.2, 0.25) is 11.8 Å². The molecule has 0 radical (unpaired) electrons. The Kier molecular flexibility index (Phi) is 9.55. The number of nitrogens with zero attached hydrogens (tertiary/aromatic N) is 3. The minimum absolute atomic E-state index is 0.00663. The van der Waals surface area contributed by atoms with Gasteiger partial charge in [-0.2, -0.15) is 0 Å². The van der Waals surface area contributed by atoms with Crippen molar-refractivity contribution >= 4 is 23.2 Å². The van der Waals surface area contributed by atoms with Gasteiger partial charge in [0, 0.05) is 44.2 Å². The average molecular weight is 490 g/mol. The van der Waals surface area contributed by atoms with E-state index in [1.165, 1.54) is 0 Å². The minimum Gasteiger partial charge on any atom is -0.467 e. The molecule has 0 spiro atoms. The van der Waals surface area contributed by atoms with Gasteiger partial charge in [0.25, 0.3) is 0 Å². The van der Waals surface area contributed by atoms with E-state index in [-0.39, 0.29) is 24.5 Å². The molecule has 1 atom stereocenters. The van der Waals surface area contributed by atoms with Gasteiger partial charge in [-0.05, 0) is 42.8 Å². The van der Waals surface area contributed by atoms with Crippen LogP contribution < -0.4 is 0 Å². The van der Waals surface area contributed by atoms with Gasteiger partial charge in [-0.25, -0.2) is 0 Å². The highest BCUT2D eigenvalue weighted by Crippen LogP contribution is 2.17. The highest BCUT2D eigenvalue weighted by molar-refractivity contribution is 7.10. The molecule has 0 aromatic carbocycles. The van der Waals surface area contributed by atoms with Gasteiger partial charge in [0.1, 0.15) is 5.76 Å². The van der Waals surface area contributed by atoms with Crippen molar-refractivity contribution in [2.24, 2.45) is 0 Å². The number of rotatable bonds is 12. The highest BCUT2D eigenvalue weighted by atomic mass is 32.1. The highest BCUT2D eigenvalue weighted by Gasteiger charge is 2.26. The van der Waals surface area contributed by atoms with E-state index < -0.39 is 0 Å². The molecule has 1 unspecified atom stereocenters. The predicted octanol–water partition coefficient (Wildman–Crippen LogP) is 2.64. The first-order valence-electron chi connectivity index (χ1n) is 12.2. The molecule has 4 rings (SSSR count). The minimum atomic E-state index is -0.0715. The van der Waals surface area contributed by atoms with Crippen molar-refractivity contribution in [1.29, 1.82) is 0 Å². The Morgan fingerprint density at radius 2 is 1.97 bits per heavy atom. The van der Waals surface area contributed by atoms with Crippen molar-refractivity contribution in [3.63, 3.8) is 0 Å². The van der Waals surface area contributed by atoms with E-state index >= 15 is 0 Å². The summed E-state index contributed by atoms with van der Waals surface area (Å²) in [6.07, 6.45) is 4.77. The molecular weight excluding hydrogens is 454 g/mol. The first kappa shape index (κ1) is 24.9. The fourth-order valence-corrected chi connectivity index (χ4v) is 5.11. The van der Waals surface area contributed by atoms with Crippen LogP contribution >= 0.6 is 11.3 Å². The van der Waals surface area contributed by atoms with Crippen molar-refractivity contribution in [2.75, 3.05) is 59.1 Å². The lowest BCUT2D eigenvalue weighted by atomic mass is 10.2. The Labute approximate surface area is 205 Å². The monoisotopic (exact) mass is 489 g/mol. The van der Waals surface area contributed by atoms with Gasteiger partial charge in [-0.1, -0.05) is 6.07 Å². The zero-order valence-corrected chi connectivity index (χ0v) is 20.5. The fraction of sp³-hybridized carbons (Fsp3) is 0.600. The summed E-state index contributed by atoms with van der Waals surface area (Å²) in [6, 6.07) is 7.62. The van der Waals surface area contributed by atoms with Crippen LogP contribution in [0.5, 0.6) is 0 Å². The van der Waals surface area contributed by atoms with Crippen molar-refractivity contribution in [2.45, 2.75) is 38.3 Å². The summed E-state index contributed by atoms with van der Waals surface area (Å²) in [5, 5.41) is 1.98. The smallest absolute Gasteiger partial charge is 0.242 e. The average Bonchev–Trinajstić information content (AvgIpc) is 3.63. The van der Waals surface area contributed by atoms with Crippen LogP contribution in [0, 0.1) is 0 Å². The SMILES string of the molecule is O=C(Cc1cccs1)N(CCCN1CCOCC1)CC(=O)N(Cc1ccco1)CC1CCCO1. The topological polar surface area (TPSA) is 75.5 Å². The van der Waals surface area contributed by atoms with Crippen molar-refractivity contribution in [3.8, 4) is 0 Å². The van der Waals surface area contributed by atoms with Crippen LogP contribution in [0.4, 0.5) is 0 Å². The third kappa shape index (κ3) is 7.66. The van der Waals surface area contributed by atoms with Crippen molar-refractivity contribution in [3.05, 3.63) is 46.5 Å². The molecule has 186 valence electrons. The lowest BCUT2D eigenvalue weighted by Gasteiger charge is -2.30. The van der Waals surface area contributed by atoms with E-state index in [0.717, 1.165) is 69.4 Å². The molecule has 2 aromatic rings. The number of furan rings is 1. The Hall–Kier alpha value is -2.20. The van der Waals surface area contributed by atoms with E-state index in [4.69, 9.17) is 13.9 Å². The molecule has 4 heterocycles. The Balaban J connectivity index is 1.39. The standard InChI is InChI=1S/C25H35N3O5S/c29-24(17-23-7-3-16-34-23)27(9-4-8-26-10-14-31-15-11-26)20-25(30)28(18-21-5-1-12-32-21)19-22-6-2-13-33-22/h1,3,5,7,12,16,22H,2,4,6,8-11,13-15,17-20H2. The van der Waals surface area contributed by atoms with Crippen molar-refractivity contribution in [1.82, 2.24) is 14.7 Å². The largest absolute Gasteiger partial charge is 0.467 e. The summed E-state index contributed by atoms with van der Waals surface area (Å²) in [7, 11) is 0. The van der Waals surface area contributed by atoms with Crippen LogP contribution in [0.2, 0.25) is 0 Å². The summed E-state index contributed by atoms with van der Waals surface area (Å²) in [4.78, 5) is 33.5. The third-order valence-electron chi connectivity index (χ3n) is 6.32. The molecule has 2 aromatic heterocycles. The molecular formula is C25H35N3O5S. The summed E-state index contributed by atoms with van der Waals surface area (Å²) in [5.41, 5.74) is 0. The second-order valence-corrected chi connectivity index (χ2v) is 9.90. The van der Waals surface area contributed by atoms with Crippen LogP contribution in [0.3, 0.4) is 0 Å². The Morgan fingerprint density at radius 1 is 1.09 bits per heavy atom. The van der Waals surface area contributed by atoms with Gasteiger partial charge in [0.15, 0.2) is 0 Å². The lowest BCUT2D eigenvalue weighted by molar-refractivity contribution is -0.141. The number of hydrogen-bond acceptors (Lipinski definition) is 7. The number of carbonyl (C=O) groups is 2. The summed E-state index contributed by atoms with van der Waals surface area (Å²) >= 11 is 1.57. The molecule has 0 aliphatic carbocycles. The maximum absolute atomic E-state index is 13.4. The number of carbonyl (C=O) groups excluding carboxylic acids is 2. The third-order valence-corrected chi connectivity index (χ3v) is 7.19. The van der Waals surface area contributed by atoms with E-state index in [1.807, 2.05) is 29.6 Å². The molecule has 8 nitrogen and oxygen atoms in total. The number of amides is 2. The maximum Gasteiger partial charge on any atom is 0.242 e. The molecule has 34 heavy (non-hydrogen) atoms.